The summed E-state index contributed by atoms with van der Waals surface area (Å²) in [6.07, 6.45) is 2.17. The summed E-state index contributed by atoms with van der Waals surface area (Å²) < 4.78 is 5.72. The molecule has 0 fully saturated rings. The molecule has 0 atom stereocenters. The highest BCUT2D eigenvalue weighted by atomic mass is 35.5. The number of halogens is 1. The van der Waals surface area contributed by atoms with Gasteiger partial charge in [0.05, 0.1) is 12.2 Å². The van der Waals surface area contributed by atoms with E-state index in [9.17, 15) is 4.79 Å². The van der Waals surface area contributed by atoms with Crippen molar-refractivity contribution in [2.75, 3.05) is 6.61 Å². The second-order valence-electron chi connectivity index (χ2n) is 4.19. The molecule has 0 aromatic heterocycles. The molecule has 0 heterocycles. The summed E-state index contributed by atoms with van der Waals surface area (Å²) in [5.41, 5.74) is 0.559. The minimum absolute atomic E-state index is 0.0213. The minimum Gasteiger partial charge on any atom is -0.493 e. The molecule has 0 unspecified atom stereocenters. The van der Waals surface area contributed by atoms with Crippen LogP contribution in [-0.4, -0.2) is 12.4 Å². The van der Waals surface area contributed by atoms with Crippen LogP contribution in [0.3, 0.4) is 0 Å². The Hall–Kier alpha value is -1.02. The van der Waals surface area contributed by atoms with Crippen molar-refractivity contribution >= 4 is 17.4 Å². The summed E-state index contributed by atoms with van der Waals surface area (Å²) in [4.78, 5) is 11.5. The highest BCUT2D eigenvalue weighted by molar-refractivity contribution is 6.31. The predicted molar refractivity (Wildman–Crippen MR) is 71.0 cm³/mol. The maximum atomic E-state index is 11.5. The molecule has 0 saturated heterocycles. The minimum atomic E-state index is -0.0213. The zero-order valence-corrected chi connectivity index (χ0v) is 11.4. The lowest BCUT2D eigenvalue weighted by molar-refractivity contribution is 0.101. The van der Waals surface area contributed by atoms with Crippen molar-refractivity contribution in [1.29, 1.82) is 0 Å². The first-order valence-electron chi connectivity index (χ1n) is 6.01. The van der Waals surface area contributed by atoms with Crippen LogP contribution in [0.5, 0.6) is 5.75 Å². The van der Waals surface area contributed by atoms with E-state index in [2.05, 4.69) is 13.8 Å². The largest absolute Gasteiger partial charge is 0.493 e. The Morgan fingerprint density at radius 1 is 1.35 bits per heavy atom. The van der Waals surface area contributed by atoms with E-state index in [0.717, 1.165) is 12.8 Å². The van der Waals surface area contributed by atoms with E-state index < -0.39 is 0 Å². The van der Waals surface area contributed by atoms with Gasteiger partial charge >= 0.3 is 0 Å². The highest BCUT2D eigenvalue weighted by Gasteiger charge is 2.11. The molecule has 0 aliphatic carbocycles. The summed E-state index contributed by atoms with van der Waals surface area (Å²) >= 11 is 5.87. The first-order valence-corrected chi connectivity index (χ1v) is 6.39. The lowest BCUT2D eigenvalue weighted by atomic mass is 10.1. The Morgan fingerprint density at radius 2 is 2.00 bits per heavy atom. The molecular formula is C14H19ClO2. The Labute approximate surface area is 108 Å². The maximum Gasteiger partial charge on any atom is 0.163 e. The predicted octanol–water partition coefficient (Wildman–Crippen LogP) is 4.36. The first-order chi connectivity index (χ1) is 8.08. The van der Waals surface area contributed by atoms with Gasteiger partial charge in [0.2, 0.25) is 0 Å². The third kappa shape index (κ3) is 4.04. The number of carbonyl (C=O) groups is 1. The molecule has 0 spiro atoms. The van der Waals surface area contributed by atoms with Crippen molar-refractivity contribution in [3.05, 3.63) is 28.8 Å². The second kappa shape index (κ2) is 6.65. The van der Waals surface area contributed by atoms with Crippen LogP contribution < -0.4 is 4.74 Å². The van der Waals surface area contributed by atoms with Crippen molar-refractivity contribution in [3.63, 3.8) is 0 Å². The van der Waals surface area contributed by atoms with Crippen LogP contribution in [0, 0.1) is 5.92 Å². The van der Waals surface area contributed by atoms with E-state index in [1.54, 1.807) is 18.2 Å². The SMILES string of the molecule is CCC(CC)COc1ccc(Cl)cc1C(C)=O. The van der Waals surface area contributed by atoms with Gasteiger partial charge in [0, 0.05) is 5.02 Å². The topological polar surface area (TPSA) is 26.3 Å². The number of Topliss-reactive ketones (excluding diaryl/α,β-unsaturated/α-hetero) is 1. The zero-order chi connectivity index (χ0) is 12.8. The molecule has 1 rings (SSSR count). The fourth-order valence-corrected chi connectivity index (χ4v) is 1.81. The second-order valence-corrected chi connectivity index (χ2v) is 4.63. The monoisotopic (exact) mass is 254 g/mol. The number of hydrogen-bond donors (Lipinski definition) is 0. The van der Waals surface area contributed by atoms with E-state index in [1.165, 1.54) is 6.92 Å². The van der Waals surface area contributed by atoms with E-state index in [4.69, 9.17) is 16.3 Å². The highest BCUT2D eigenvalue weighted by Crippen LogP contribution is 2.24. The number of hydrogen-bond acceptors (Lipinski definition) is 2. The van der Waals surface area contributed by atoms with Crippen LogP contribution in [0.2, 0.25) is 5.02 Å². The van der Waals surface area contributed by atoms with E-state index in [1.807, 2.05) is 0 Å². The molecule has 1 aromatic rings. The van der Waals surface area contributed by atoms with Crippen LogP contribution in [0.15, 0.2) is 18.2 Å². The van der Waals surface area contributed by atoms with E-state index in [-0.39, 0.29) is 5.78 Å². The van der Waals surface area contributed by atoms with Gasteiger partial charge in [-0.25, -0.2) is 0 Å². The van der Waals surface area contributed by atoms with Crippen molar-refractivity contribution in [2.24, 2.45) is 5.92 Å². The quantitative estimate of drug-likeness (QED) is 0.705. The number of benzene rings is 1. The summed E-state index contributed by atoms with van der Waals surface area (Å²) in [5, 5.41) is 0.560. The number of carbonyl (C=O) groups excluding carboxylic acids is 1. The van der Waals surface area contributed by atoms with Crippen molar-refractivity contribution in [1.82, 2.24) is 0 Å². The van der Waals surface area contributed by atoms with Gasteiger partial charge in [-0.15, -0.1) is 0 Å². The lowest BCUT2D eigenvalue weighted by Crippen LogP contribution is -2.11. The Morgan fingerprint density at radius 3 is 2.53 bits per heavy atom. The van der Waals surface area contributed by atoms with E-state index >= 15 is 0 Å². The summed E-state index contributed by atoms with van der Waals surface area (Å²) in [6.45, 7) is 6.46. The molecule has 0 bridgehead atoms. The summed E-state index contributed by atoms with van der Waals surface area (Å²) in [6, 6.07) is 5.17. The molecule has 94 valence electrons. The molecule has 0 N–H and O–H groups in total. The number of rotatable bonds is 6. The van der Waals surface area contributed by atoms with Gasteiger partial charge in [-0.05, 0) is 31.0 Å². The smallest absolute Gasteiger partial charge is 0.163 e. The number of ether oxygens (including phenoxy) is 1. The lowest BCUT2D eigenvalue weighted by Gasteiger charge is -2.15. The maximum absolute atomic E-state index is 11.5. The molecule has 0 aliphatic heterocycles. The van der Waals surface area contributed by atoms with Gasteiger partial charge in [0.15, 0.2) is 5.78 Å². The first kappa shape index (κ1) is 14.0. The fourth-order valence-electron chi connectivity index (χ4n) is 1.64. The molecule has 0 aliphatic rings. The van der Waals surface area contributed by atoms with Crippen LogP contribution in [0.25, 0.3) is 0 Å². The van der Waals surface area contributed by atoms with Gasteiger partial charge in [-0.1, -0.05) is 38.3 Å². The van der Waals surface area contributed by atoms with Gasteiger partial charge in [0.25, 0.3) is 0 Å². The Kier molecular flexibility index (Phi) is 5.49. The van der Waals surface area contributed by atoms with Gasteiger partial charge in [0.1, 0.15) is 5.75 Å². The molecule has 1 aromatic carbocycles. The number of ketones is 1. The normalized spacial score (nSPS) is 10.6. The molecule has 0 radical (unpaired) electrons. The molecule has 17 heavy (non-hydrogen) atoms. The molecule has 3 heteroatoms. The zero-order valence-electron chi connectivity index (χ0n) is 10.6. The third-order valence-electron chi connectivity index (χ3n) is 2.95. The van der Waals surface area contributed by atoms with Gasteiger partial charge < -0.3 is 4.74 Å². The molecule has 2 nitrogen and oxygen atoms in total. The van der Waals surface area contributed by atoms with Crippen molar-refractivity contribution in [2.45, 2.75) is 33.6 Å². The van der Waals surface area contributed by atoms with Gasteiger partial charge in [-0.3, -0.25) is 4.79 Å². The van der Waals surface area contributed by atoms with Crippen molar-refractivity contribution < 1.29 is 9.53 Å². The Balaban J connectivity index is 2.80. The molecule has 0 saturated carbocycles. The van der Waals surface area contributed by atoms with Crippen LogP contribution in [0.4, 0.5) is 0 Å². The van der Waals surface area contributed by atoms with Crippen LogP contribution in [0.1, 0.15) is 44.0 Å². The summed E-state index contributed by atoms with van der Waals surface area (Å²) in [5.74, 6) is 1.14. The average molecular weight is 255 g/mol. The van der Waals surface area contributed by atoms with Gasteiger partial charge in [-0.2, -0.15) is 0 Å². The van der Waals surface area contributed by atoms with Crippen LogP contribution >= 0.6 is 11.6 Å². The van der Waals surface area contributed by atoms with Crippen molar-refractivity contribution in [3.8, 4) is 5.75 Å². The fraction of sp³-hybridized carbons (Fsp3) is 0.500. The van der Waals surface area contributed by atoms with E-state index in [0.29, 0.717) is 28.9 Å². The summed E-state index contributed by atoms with van der Waals surface area (Å²) in [7, 11) is 0. The molecule has 0 amide bonds. The average Bonchev–Trinajstić information content (AvgIpc) is 2.31. The standard InChI is InChI=1S/C14H19ClO2/c1-4-11(5-2)9-17-14-7-6-12(15)8-13(14)10(3)16/h6-8,11H,4-5,9H2,1-3H3. The molecular weight excluding hydrogens is 236 g/mol. The Bertz CT molecular complexity index is 384. The third-order valence-corrected chi connectivity index (χ3v) is 3.19. The van der Waals surface area contributed by atoms with Crippen LogP contribution in [-0.2, 0) is 0 Å².